The molecule has 0 aliphatic heterocycles. The smallest absolute Gasteiger partial charge is 0.115 e. The Labute approximate surface area is 110 Å². The number of fused-ring (bicyclic) bond motifs is 2. The SMILES string of the molecule is CC1CC2(c3ncncc3C1C)C(C)CCC2C. The van der Waals surface area contributed by atoms with Gasteiger partial charge in [0.1, 0.15) is 6.33 Å². The number of aromatic nitrogens is 2. The van der Waals surface area contributed by atoms with Gasteiger partial charge < -0.3 is 0 Å². The van der Waals surface area contributed by atoms with Crippen molar-refractivity contribution in [2.24, 2.45) is 17.8 Å². The van der Waals surface area contributed by atoms with Crippen LogP contribution in [0, 0.1) is 17.8 Å². The van der Waals surface area contributed by atoms with Crippen LogP contribution in [0.25, 0.3) is 0 Å². The molecule has 2 aliphatic carbocycles. The number of hydrogen-bond acceptors (Lipinski definition) is 2. The van der Waals surface area contributed by atoms with Crippen molar-refractivity contribution in [2.45, 2.75) is 58.3 Å². The molecule has 2 nitrogen and oxygen atoms in total. The van der Waals surface area contributed by atoms with E-state index >= 15 is 0 Å². The standard InChI is InChI=1S/C16H24N2/c1-10-7-16(11(2)5-6-12(16)3)15-14(13(10)4)8-17-9-18-15/h8-13H,5-7H2,1-4H3. The van der Waals surface area contributed by atoms with Gasteiger partial charge in [0, 0.05) is 11.6 Å². The van der Waals surface area contributed by atoms with Crippen molar-refractivity contribution in [1.82, 2.24) is 9.97 Å². The number of rotatable bonds is 0. The second-order valence-electron chi connectivity index (χ2n) is 6.72. The summed E-state index contributed by atoms with van der Waals surface area (Å²) in [6.45, 7) is 9.60. The summed E-state index contributed by atoms with van der Waals surface area (Å²) < 4.78 is 0. The third-order valence-corrected chi connectivity index (χ3v) is 5.98. The van der Waals surface area contributed by atoms with Crippen molar-refractivity contribution in [3.8, 4) is 0 Å². The van der Waals surface area contributed by atoms with Crippen molar-refractivity contribution in [2.75, 3.05) is 0 Å². The predicted molar refractivity (Wildman–Crippen MR) is 73.5 cm³/mol. The fourth-order valence-electron chi connectivity index (χ4n) is 4.55. The molecule has 0 amide bonds. The lowest BCUT2D eigenvalue weighted by molar-refractivity contribution is 0.173. The minimum atomic E-state index is 0.324. The lowest BCUT2D eigenvalue weighted by Gasteiger charge is -2.46. The van der Waals surface area contributed by atoms with Gasteiger partial charge in [-0.05, 0) is 48.5 Å². The van der Waals surface area contributed by atoms with Gasteiger partial charge in [-0.25, -0.2) is 9.97 Å². The summed E-state index contributed by atoms with van der Waals surface area (Å²) in [5, 5.41) is 0. The van der Waals surface area contributed by atoms with Gasteiger partial charge in [0.15, 0.2) is 0 Å². The molecule has 1 saturated carbocycles. The van der Waals surface area contributed by atoms with Crippen molar-refractivity contribution >= 4 is 0 Å². The van der Waals surface area contributed by atoms with E-state index in [1.807, 2.05) is 0 Å². The molecule has 98 valence electrons. The molecule has 4 unspecified atom stereocenters. The molecule has 0 bridgehead atoms. The van der Waals surface area contributed by atoms with E-state index in [0.717, 1.165) is 17.8 Å². The van der Waals surface area contributed by atoms with E-state index in [-0.39, 0.29) is 0 Å². The summed E-state index contributed by atoms with van der Waals surface area (Å²) in [5.41, 5.74) is 3.11. The quantitative estimate of drug-likeness (QED) is 0.691. The summed E-state index contributed by atoms with van der Waals surface area (Å²) in [4.78, 5) is 9.01. The highest BCUT2D eigenvalue weighted by molar-refractivity contribution is 5.35. The fourth-order valence-corrected chi connectivity index (χ4v) is 4.55. The van der Waals surface area contributed by atoms with Crippen LogP contribution in [0.2, 0.25) is 0 Å². The lowest BCUT2D eigenvalue weighted by atomic mass is 9.58. The maximum absolute atomic E-state index is 4.73. The maximum Gasteiger partial charge on any atom is 0.115 e. The minimum absolute atomic E-state index is 0.324. The monoisotopic (exact) mass is 244 g/mol. The van der Waals surface area contributed by atoms with E-state index in [4.69, 9.17) is 4.98 Å². The van der Waals surface area contributed by atoms with Crippen LogP contribution in [0.4, 0.5) is 0 Å². The Balaban J connectivity index is 2.20. The Hall–Kier alpha value is -0.920. The summed E-state index contributed by atoms with van der Waals surface area (Å²) in [6.07, 6.45) is 7.83. The van der Waals surface area contributed by atoms with Crippen molar-refractivity contribution in [3.63, 3.8) is 0 Å². The molecule has 1 spiro atoms. The topological polar surface area (TPSA) is 25.8 Å². The first kappa shape index (κ1) is 12.1. The van der Waals surface area contributed by atoms with E-state index in [0.29, 0.717) is 11.3 Å². The van der Waals surface area contributed by atoms with Gasteiger partial charge in [-0.15, -0.1) is 0 Å². The van der Waals surface area contributed by atoms with Gasteiger partial charge in [-0.3, -0.25) is 0 Å². The first-order chi connectivity index (χ1) is 8.57. The van der Waals surface area contributed by atoms with Crippen LogP contribution in [0.3, 0.4) is 0 Å². The molecule has 1 fully saturated rings. The van der Waals surface area contributed by atoms with Gasteiger partial charge >= 0.3 is 0 Å². The van der Waals surface area contributed by atoms with Gasteiger partial charge in [0.05, 0.1) is 5.69 Å². The molecule has 1 heterocycles. The molecule has 0 saturated heterocycles. The molecule has 0 radical (unpaired) electrons. The lowest BCUT2D eigenvalue weighted by Crippen LogP contribution is -2.43. The molecule has 2 heteroatoms. The van der Waals surface area contributed by atoms with Crippen LogP contribution in [-0.4, -0.2) is 9.97 Å². The second kappa shape index (κ2) is 4.04. The molecule has 3 rings (SSSR count). The van der Waals surface area contributed by atoms with E-state index in [2.05, 4.69) is 38.9 Å². The highest BCUT2D eigenvalue weighted by atomic mass is 14.9. The molecule has 4 atom stereocenters. The zero-order chi connectivity index (χ0) is 12.9. The largest absolute Gasteiger partial charge is 0.245 e. The average molecular weight is 244 g/mol. The average Bonchev–Trinajstić information content (AvgIpc) is 2.65. The zero-order valence-corrected chi connectivity index (χ0v) is 12.0. The van der Waals surface area contributed by atoms with Gasteiger partial charge in [-0.2, -0.15) is 0 Å². The fraction of sp³-hybridized carbons (Fsp3) is 0.750. The normalized spacial score (nSPS) is 43.1. The van der Waals surface area contributed by atoms with Crippen LogP contribution < -0.4 is 0 Å². The number of hydrogen-bond donors (Lipinski definition) is 0. The minimum Gasteiger partial charge on any atom is -0.245 e. The highest BCUT2D eigenvalue weighted by Gasteiger charge is 2.52. The highest BCUT2D eigenvalue weighted by Crippen LogP contribution is 2.57. The van der Waals surface area contributed by atoms with Crippen LogP contribution in [0.15, 0.2) is 12.5 Å². The van der Waals surface area contributed by atoms with Gasteiger partial charge in [0.2, 0.25) is 0 Å². The third kappa shape index (κ3) is 1.41. The van der Waals surface area contributed by atoms with Crippen LogP contribution in [0.5, 0.6) is 0 Å². The van der Waals surface area contributed by atoms with Gasteiger partial charge in [-0.1, -0.05) is 27.7 Å². The van der Waals surface area contributed by atoms with E-state index < -0.39 is 0 Å². The molecule has 18 heavy (non-hydrogen) atoms. The third-order valence-electron chi connectivity index (χ3n) is 5.98. The molecular formula is C16H24N2. The Morgan fingerprint density at radius 2 is 1.78 bits per heavy atom. The van der Waals surface area contributed by atoms with E-state index in [9.17, 15) is 0 Å². The van der Waals surface area contributed by atoms with Crippen LogP contribution >= 0.6 is 0 Å². The number of nitrogens with zero attached hydrogens (tertiary/aromatic N) is 2. The van der Waals surface area contributed by atoms with Gasteiger partial charge in [0.25, 0.3) is 0 Å². The predicted octanol–water partition coefficient (Wildman–Crippen LogP) is 3.92. The van der Waals surface area contributed by atoms with Crippen LogP contribution in [-0.2, 0) is 5.41 Å². The van der Waals surface area contributed by atoms with Crippen molar-refractivity contribution in [1.29, 1.82) is 0 Å². The molecule has 2 aliphatic rings. The molecule has 1 aromatic rings. The van der Waals surface area contributed by atoms with Crippen LogP contribution in [0.1, 0.15) is 64.1 Å². The Morgan fingerprint density at radius 3 is 2.44 bits per heavy atom. The van der Waals surface area contributed by atoms with Crippen molar-refractivity contribution < 1.29 is 0 Å². The summed E-state index contributed by atoms with van der Waals surface area (Å²) >= 11 is 0. The second-order valence-corrected chi connectivity index (χ2v) is 6.72. The Morgan fingerprint density at radius 1 is 1.11 bits per heavy atom. The summed E-state index contributed by atoms with van der Waals surface area (Å²) in [7, 11) is 0. The maximum atomic E-state index is 4.73. The van der Waals surface area contributed by atoms with E-state index in [1.165, 1.54) is 30.5 Å². The molecule has 0 aromatic carbocycles. The Bertz CT molecular complexity index is 444. The van der Waals surface area contributed by atoms with E-state index in [1.54, 1.807) is 6.33 Å². The zero-order valence-electron chi connectivity index (χ0n) is 12.0. The summed E-state index contributed by atoms with van der Waals surface area (Å²) in [5.74, 6) is 2.87. The summed E-state index contributed by atoms with van der Waals surface area (Å²) in [6, 6.07) is 0. The van der Waals surface area contributed by atoms with Crippen molar-refractivity contribution in [3.05, 3.63) is 23.8 Å². The molecule has 0 N–H and O–H groups in total. The Kier molecular flexibility index (Phi) is 2.72. The molecule has 1 aromatic heterocycles. The molecular weight excluding hydrogens is 220 g/mol. The first-order valence-corrected chi connectivity index (χ1v) is 7.37. The first-order valence-electron chi connectivity index (χ1n) is 7.37.